The number of ether oxygens (including phenoxy) is 1. The third-order valence-corrected chi connectivity index (χ3v) is 2.13. The van der Waals surface area contributed by atoms with Gasteiger partial charge in [-0.3, -0.25) is 0 Å². The van der Waals surface area contributed by atoms with Crippen LogP contribution in [-0.4, -0.2) is 12.7 Å². The van der Waals surface area contributed by atoms with Crippen molar-refractivity contribution in [1.82, 2.24) is 0 Å². The van der Waals surface area contributed by atoms with E-state index in [0.717, 1.165) is 0 Å². The molecule has 0 aliphatic carbocycles. The highest BCUT2D eigenvalue weighted by atomic mass is 19.2. The molecule has 0 aromatic heterocycles. The fourth-order valence-electron chi connectivity index (χ4n) is 1.24. The number of rotatable bonds is 2. The molecule has 0 saturated carbocycles. The van der Waals surface area contributed by atoms with Gasteiger partial charge in [-0.2, -0.15) is 0 Å². The van der Waals surface area contributed by atoms with Gasteiger partial charge in [0.2, 0.25) is 5.82 Å². The maximum Gasteiger partial charge on any atom is 0.200 e. The molecule has 1 aromatic rings. The molecule has 82 valence electrons. The van der Waals surface area contributed by atoms with E-state index in [4.69, 9.17) is 0 Å². The summed E-state index contributed by atoms with van der Waals surface area (Å²) in [7, 11) is 0. The molecule has 0 N–H and O–H groups in total. The summed E-state index contributed by atoms with van der Waals surface area (Å²) >= 11 is 0. The Morgan fingerprint density at radius 2 is 1.27 bits per heavy atom. The molecule has 1 nitrogen and oxygen atoms in total. The van der Waals surface area contributed by atoms with Crippen LogP contribution >= 0.6 is 0 Å². The van der Waals surface area contributed by atoms with E-state index in [0.29, 0.717) is 0 Å². The predicted octanol–water partition coefficient (Wildman–Crippen LogP) is 2.32. The van der Waals surface area contributed by atoms with E-state index in [1.807, 2.05) is 0 Å². The number of hydrogen-bond acceptors (Lipinski definition) is 1. The van der Waals surface area contributed by atoms with E-state index < -0.39 is 40.8 Å². The second-order valence-corrected chi connectivity index (χ2v) is 3.21. The molecular formula is C9H5F5O. The second-order valence-electron chi connectivity index (χ2n) is 3.21. The van der Waals surface area contributed by atoms with Gasteiger partial charge in [0.25, 0.3) is 0 Å². The largest absolute Gasteiger partial charge is 0.373 e. The van der Waals surface area contributed by atoms with Gasteiger partial charge in [-0.1, -0.05) is 0 Å². The van der Waals surface area contributed by atoms with Gasteiger partial charge in [0.15, 0.2) is 23.3 Å². The molecule has 0 amide bonds. The molecule has 0 spiro atoms. The van der Waals surface area contributed by atoms with Crippen LogP contribution in [0.1, 0.15) is 5.56 Å². The predicted molar refractivity (Wildman–Crippen MR) is 39.7 cm³/mol. The fraction of sp³-hybridized carbons (Fsp3) is 0.333. The van der Waals surface area contributed by atoms with Crippen LogP contribution in [0.25, 0.3) is 0 Å². The van der Waals surface area contributed by atoms with Crippen LogP contribution < -0.4 is 0 Å². The van der Waals surface area contributed by atoms with Crippen molar-refractivity contribution in [3.63, 3.8) is 0 Å². The van der Waals surface area contributed by atoms with E-state index in [2.05, 4.69) is 4.74 Å². The van der Waals surface area contributed by atoms with E-state index in [-0.39, 0.29) is 13.0 Å². The molecule has 1 aromatic carbocycles. The third kappa shape index (κ3) is 1.69. The average molecular weight is 224 g/mol. The van der Waals surface area contributed by atoms with Gasteiger partial charge in [-0.15, -0.1) is 0 Å². The maximum absolute atomic E-state index is 13.0. The maximum atomic E-state index is 13.0. The summed E-state index contributed by atoms with van der Waals surface area (Å²) in [5.41, 5.74) is -0.811. The summed E-state index contributed by atoms with van der Waals surface area (Å²) in [6.45, 7) is 0.277. The van der Waals surface area contributed by atoms with Crippen molar-refractivity contribution in [1.29, 1.82) is 0 Å². The summed E-state index contributed by atoms with van der Waals surface area (Å²) in [5.74, 6) is -9.51. The highest BCUT2D eigenvalue weighted by molar-refractivity contribution is 5.25. The van der Waals surface area contributed by atoms with E-state index >= 15 is 0 Å². The zero-order valence-corrected chi connectivity index (χ0v) is 7.29. The second kappa shape index (κ2) is 3.44. The van der Waals surface area contributed by atoms with Gasteiger partial charge in [-0.25, -0.2) is 22.0 Å². The van der Waals surface area contributed by atoms with Gasteiger partial charge in [0, 0.05) is 12.0 Å². The fourth-order valence-corrected chi connectivity index (χ4v) is 1.24. The molecule has 1 aliphatic heterocycles. The molecule has 15 heavy (non-hydrogen) atoms. The van der Waals surface area contributed by atoms with E-state index in [1.54, 1.807) is 0 Å². The summed E-state index contributed by atoms with van der Waals surface area (Å²) in [6.07, 6.45) is -0.746. The Kier molecular flexibility index (Phi) is 2.38. The molecular weight excluding hydrogens is 219 g/mol. The van der Waals surface area contributed by atoms with E-state index in [1.165, 1.54) is 0 Å². The molecule has 0 radical (unpaired) electrons. The van der Waals surface area contributed by atoms with Crippen molar-refractivity contribution < 1.29 is 26.7 Å². The first-order valence-corrected chi connectivity index (χ1v) is 4.14. The molecule has 6 heteroatoms. The van der Waals surface area contributed by atoms with Crippen LogP contribution in [-0.2, 0) is 11.2 Å². The first-order valence-electron chi connectivity index (χ1n) is 4.14. The highest BCUT2D eigenvalue weighted by Crippen LogP contribution is 2.26. The zero-order chi connectivity index (χ0) is 11.2. The smallest absolute Gasteiger partial charge is 0.200 e. The van der Waals surface area contributed by atoms with Crippen molar-refractivity contribution in [2.45, 2.75) is 12.5 Å². The van der Waals surface area contributed by atoms with Gasteiger partial charge >= 0.3 is 0 Å². The van der Waals surface area contributed by atoms with Crippen LogP contribution in [0.15, 0.2) is 0 Å². The summed E-state index contributed by atoms with van der Waals surface area (Å²) in [4.78, 5) is 0. The molecule has 1 aliphatic rings. The number of epoxide rings is 1. The zero-order valence-electron chi connectivity index (χ0n) is 7.29. The summed E-state index contributed by atoms with van der Waals surface area (Å²) in [5, 5.41) is 0. The Balaban J connectivity index is 2.51. The monoisotopic (exact) mass is 224 g/mol. The Labute approximate surface area is 81.5 Å². The number of halogens is 5. The SMILES string of the molecule is Fc1c(F)c(F)c(CC2CO2)c(F)c1F. The van der Waals surface area contributed by atoms with Gasteiger partial charge in [0.05, 0.1) is 12.7 Å². The lowest BCUT2D eigenvalue weighted by Crippen LogP contribution is -2.09. The lowest BCUT2D eigenvalue weighted by atomic mass is 10.1. The molecule has 1 saturated heterocycles. The lowest BCUT2D eigenvalue weighted by molar-refractivity contribution is 0.359. The van der Waals surface area contributed by atoms with Gasteiger partial charge in [0.1, 0.15) is 0 Å². The molecule has 1 fully saturated rings. The van der Waals surface area contributed by atoms with Gasteiger partial charge in [-0.05, 0) is 0 Å². The van der Waals surface area contributed by atoms with Crippen LogP contribution in [0.4, 0.5) is 22.0 Å². The summed E-state index contributed by atoms with van der Waals surface area (Å²) in [6, 6.07) is 0. The topological polar surface area (TPSA) is 12.5 Å². The first kappa shape index (κ1) is 10.4. The van der Waals surface area contributed by atoms with Crippen LogP contribution in [0.5, 0.6) is 0 Å². The molecule has 0 bridgehead atoms. The van der Waals surface area contributed by atoms with Crippen LogP contribution in [0, 0.1) is 29.1 Å². The van der Waals surface area contributed by atoms with Crippen molar-refractivity contribution in [2.24, 2.45) is 0 Å². The molecule has 2 rings (SSSR count). The Hall–Kier alpha value is -1.17. The average Bonchev–Trinajstić information content (AvgIpc) is 3.02. The molecule has 1 atom stereocenters. The lowest BCUT2D eigenvalue weighted by Gasteiger charge is -2.06. The van der Waals surface area contributed by atoms with Crippen molar-refractivity contribution >= 4 is 0 Å². The minimum atomic E-state index is -2.13. The highest BCUT2D eigenvalue weighted by Gasteiger charge is 2.31. The first-order chi connectivity index (χ1) is 7.02. The van der Waals surface area contributed by atoms with Crippen molar-refractivity contribution in [2.75, 3.05) is 6.61 Å². The Morgan fingerprint density at radius 1 is 0.867 bits per heavy atom. The van der Waals surface area contributed by atoms with E-state index in [9.17, 15) is 22.0 Å². The van der Waals surface area contributed by atoms with Gasteiger partial charge < -0.3 is 4.74 Å². The minimum absolute atomic E-state index is 0.277. The molecule has 1 heterocycles. The standard InChI is InChI=1S/C9H5F5O/c10-5-4(1-3-2-15-3)6(11)8(13)9(14)7(5)12/h3H,1-2H2. The minimum Gasteiger partial charge on any atom is -0.373 e. The number of benzene rings is 1. The summed E-state index contributed by atoms with van der Waals surface area (Å²) < 4.78 is 68.6. The van der Waals surface area contributed by atoms with Crippen molar-refractivity contribution in [3.05, 3.63) is 34.6 Å². The quantitative estimate of drug-likeness (QED) is 0.325. The molecule has 1 unspecified atom stereocenters. The normalized spacial score (nSPS) is 19.4. The van der Waals surface area contributed by atoms with Crippen molar-refractivity contribution in [3.8, 4) is 0 Å². The van der Waals surface area contributed by atoms with Crippen LogP contribution in [0.3, 0.4) is 0 Å². The number of hydrogen-bond donors (Lipinski definition) is 0. The van der Waals surface area contributed by atoms with Crippen LogP contribution in [0.2, 0.25) is 0 Å². The Bertz CT molecular complexity index is 384. The third-order valence-electron chi connectivity index (χ3n) is 2.13. The Morgan fingerprint density at radius 3 is 1.67 bits per heavy atom.